The molecule has 47 heavy (non-hydrogen) atoms. The van der Waals surface area contributed by atoms with Crippen molar-refractivity contribution in [2.45, 2.75) is 103 Å². The maximum Gasteiger partial charge on any atom is 0.475 e. The van der Waals surface area contributed by atoms with E-state index >= 15 is 0 Å². The first-order valence-corrected chi connectivity index (χ1v) is 16.8. The number of rotatable bonds is 13. The van der Waals surface area contributed by atoms with Gasteiger partial charge in [0.15, 0.2) is 5.90 Å². The van der Waals surface area contributed by atoms with E-state index in [2.05, 4.69) is 4.99 Å². The molecule has 0 N–H and O–H groups in total. The molecule has 3 rings (SSSR count). The third-order valence-electron chi connectivity index (χ3n) is 6.66. The van der Waals surface area contributed by atoms with Gasteiger partial charge in [0.1, 0.15) is 17.9 Å². The SMILES string of the molecule is CC1=NC(CCc2ccc(OCCCc3ccc(C(F)(F)F)cc3Cl)c(C(F)(F)F)c2)(COP(=O)(OC(C)(C)C)OC(C)(C)C)CO1. The number of ether oxygens (including phenoxy) is 2. The lowest BCUT2D eigenvalue weighted by Gasteiger charge is -2.33. The summed E-state index contributed by atoms with van der Waals surface area (Å²) in [6, 6.07) is 6.70. The van der Waals surface area contributed by atoms with E-state index in [0.717, 1.165) is 18.2 Å². The van der Waals surface area contributed by atoms with E-state index in [1.807, 2.05) is 0 Å². The Labute approximate surface area is 276 Å². The summed E-state index contributed by atoms with van der Waals surface area (Å²) in [7, 11) is -4.10. The summed E-state index contributed by atoms with van der Waals surface area (Å²) in [5, 5.41) is -0.0817. The molecule has 1 aliphatic heterocycles. The van der Waals surface area contributed by atoms with E-state index in [4.69, 9.17) is 34.6 Å². The first-order valence-electron chi connectivity index (χ1n) is 14.9. The predicted molar refractivity (Wildman–Crippen MR) is 167 cm³/mol. The molecular weight excluding hydrogens is 675 g/mol. The van der Waals surface area contributed by atoms with Gasteiger partial charge in [0.25, 0.3) is 0 Å². The first-order chi connectivity index (χ1) is 21.4. The van der Waals surface area contributed by atoms with Gasteiger partial charge in [-0.15, -0.1) is 0 Å². The van der Waals surface area contributed by atoms with Crippen LogP contribution in [0.15, 0.2) is 41.4 Å². The van der Waals surface area contributed by atoms with Gasteiger partial charge in [0, 0.05) is 11.9 Å². The summed E-state index contributed by atoms with van der Waals surface area (Å²) in [6.07, 6.45) is -8.51. The molecule has 264 valence electrons. The first kappa shape index (κ1) is 39.1. The largest absolute Gasteiger partial charge is 0.493 e. The van der Waals surface area contributed by atoms with Crippen molar-refractivity contribution in [2.75, 3.05) is 19.8 Å². The molecule has 0 saturated carbocycles. The molecule has 0 amide bonds. The minimum atomic E-state index is -4.73. The van der Waals surface area contributed by atoms with Gasteiger partial charge in [-0.2, -0.15) is 26.3 Å². The van der Waals surface area contributed by atoms with Crippen LogP contribution in [-0.2, 0) is 48.1 Å². The van der Waals surface area contributed by atoms with Gasteiger partial charge in [0.2, 0.25) is 0 Å². The number of phosphoric acid groups is 1. The summed E-state index contributed by atoms with van der Waals surface area (Å²) in [6.45, 7) is 11.5. The molecule has 1 unspecified atom stereocenters. The molecule has 0 aliphatic carbocycles. The van der Waals surface area contributed by atoms with Crippen molar-refractivity contribution in [1.82, 2.24) is 0 Å². The summed E-state index contributed by atoms with van der Waals surface area (Å²) in [5.41, 5.74) is -3.89. The van der Waals surface area contributed by atoms with Crippen molar-refractivity contribution in [3.05, 3.63) is 63.7 Å². The van der Waals surface area contributed by atoms with E-state index in [1.165, 1.54) is 18.2 Å². The molecule has 1 heterocycles. The van der Waals surface area contributed by atoms with Crippen molar-refractivity contribution in [3.63, 3.8) is 0 Å². The highest BCUT2D eigenvalue weighted by atomic mass is 35.5. The normalized spacial score (nSPS) is 17.9. The molecule has 7 nitrogen and oxygen atoms in total. The van der Waals surface area contributed by atoms with Crippen LogP contribution in [0.5, 0.6) is 5.75 Å². The Morgan fingerprint density at radius 1 is 0.915 bits per heavy atom. The van der Waals surface area contributed by atoms with Crippen LogP contribution in [-0.4, -0.2) is 42.5 Å². The van der Waals surface area contributed by atoms with Gasteiger partial charge >= 0.3 is 20.2 Å². The Morgan fingerprint density at radius 2 is 1.55 bits per heavy atom. The molecule has 2 aromatic carbocycles. The Balaban J connectivity index is 1.70. The second kappa shape index (κ2) is 14.7. The number of phosphoric ester groups is 1. The zero-order valence-electron chi connectivity index (χ0n) is 27.4. The standard InChI is InChI=1S/C32H41ClF6NO6P/c1-21-40-30(19-43-21,20-44-47(41,45-28(2,3)4)46-29(5,6)7)15-14-22-10-13-27(25(17-22)32(37,38)39)42-16-8-9-23-11-12-24(18-26(23)33)31(34,35)36/h10-13,17-18H,8-9,14-16,19-20H2,1-7H3. The maximum atomic E-state index is 14.1. The summed E-state index contributed by atoms with van der Waals surface area (Å²) >= 11 is 5.98. The molecule has 1 atom stereocenters. The fourth-order valence-corrected chi connectivity index (χ4v) is 6.84. The Hall–Kier alpha value is -2.31. The lowest BCUT2D eigenvalue weighted by atomic mass is 9.93. The third-order valence-corrected chi connectivity index (χ3v) is 9.00. The van der Waals surface area contributed by atoms with Gasteiger partial charge in [0.05, 0.1) is 35.5 Å². The van der Waals surface area contributed by atoms with Crippen LogP contribution >= 0.6 is 19.4 Å². The van der Waals surface area contributed by atoms with E-state index in [0.29, 0.717) is 17.0 Å². The van der Waals surface area contributed by atoms with E-state index < -0.39 is 48.0 Å². The van der Waals surface area contributed by atoms with Crippen LogP contribution in [0.2, 0.25) is 5.02 Å². The molecule has 0 bridgehead atoms. The van der Waals surface area contributed by atoms with Gasteiger partial charge < -0.3 is 9.47 Å². The van der Waals surface area contributed by atoms with Crippen LogP contribution in [0.4, 0.5) is 26.3 Å². The van der Waals surface area contributed by atoms with Crippen molar-refractivity contribution in [3.8, 4) is 5.75 Å². The molecular formula is C32H41ClF6NO6P. The second-order valence-corrected chi connectivity index (χ2v) is 15.3. The highest BCUT2D eigenvalue weighted by Gasteiger charge is 2.43. The Morgan fingerprint density at radius 3 is 2.06 bits per heavy atom. The van der Waals surface area contributed by atoms with Gasteiger partial charge in [-0.25, -0.2) is 9.56 Å². The molecule has 15 heteroatoms. The van der Waals surface area contributed by atoms with Crippen LogP contribution in [0.25, 0.3) is 0 Å². The Kier molecular flexibility index (Phi) is 12.2. The van der Waals surface area contributed by atoms with Gasteiger partial charge in [-0.05, 0) is 103 Å². The van der Waals surface area contributed by atoms with E-state index in [9.17, 15) is 30.9 Å². The molecule has 1 aliphatic rings. The summed E-state index contributed by atoms with van der Waals surface area (Å²) < 4.78 is 123. The summed E-state index contributed by atoms with van der Waals surface area (Å²) in [5.74, 6) is -0.0234. The molecule has 0 radical (unpaired) electrons. The molecule has 0 aromatic heterocycles. The van der Waals surface area contributed by atoms with Gasteiger partial charge in [-0.1, -0.05) is 23.7 Å². The number of aryl methyl sites for hydroxylation is 2. The van der Waals surface area contributed by atoms with Crippen LogP contribution in [0.1, 0.15) is 83.6 Å². The lowest BCUT2D eigenvalue weighted by Crippen LogP contribution is -2.36. The average Bonchev–Trinajstić information content (AvgIpc) is 3.27. The fourth-order valence-electron chi connectivity index (χ4n) is 4.68. The topological polar surface area (TPSA) is 75.6 Å². The number of hydrogen-bond donors (Lipinski definition) is 0. The number of benzene rings is 2. The highest BCUT2D eigenvalue weighted by Crippen LogP contribution is 2.56. The third kappa shape index (κ3) is 12.3. The van der Waals surface area contributed by atoms with Crippen LogP contribution in [0.3, 0.4) is 0 Å². The monoisotopic (exact) mass is 715 g/mol. The van der Waals surface area contributed by atoms with Crippen molar-refractivity contribution < 1.29 is 54.0 Å². The minimum absolute atomic E-state index is 0.0557. The van der Waals surface area contributed by atoms with Gasteiger partial charge in [-0.3, -0.25) is 13.6 Å². The smallest absolute Gasteiger partial charge is 0.475 e. The number of hydrogen-bond acceptors (Lipinski definition) is 7. The Bertz CT molecular complexity index is 1450. The average molecular weight is 716 g/mol. The zero-order chi connectivity index (χ0) is 35.5. The van der Waals surface area contributed by atoms with E-state index in [-0.39, 0.29) is 56.3 Å². The quantitative estimate of drug-likeness (QED) is 0.117. The number of aliphatic imine (C=N–C) groups is 1. The van der Waals surface area contributed by atoms with Crippen molar-refractivity contribution in [2.24, 2.45) is 4.99 Å². The minimum Gasteiger partial charge on any atom is -0.493 e. The zero-order valence-corrected chi connectivity index (χ0v) is 29.1. The number of nitrogens with zero attached hydrogens (tertiary/aromatic N) is 1. The fraction of sp³-hybridized carbons (Fsp3) is 0.594. The molecule has 0 spiro atoms. The van der Waals surface area contributed by atoms with Crippen LogP contribution < -0.4 is 4.74 Å². The summed E-state index contributed by atoms with van der Waals surface area (Å²) in [4.78, 5) is 4.54. The number of halogens is 7. The van der Waals surface area contributed by atoms with Crippen molar-refractivity contribution in [1.29, 1.82) is 0 Å². The van der Waals surface area contributed by atoms with Crippen molar-refractivity contribution >= 4 is 25.3 Å². The predicted octanol–water partition coefficient (Wildman–Crippen LogP) is 10.3. The molecule has 0 fully saturated rings. The number of alkyl halides is 6. The molecule has 0 saturated heterocycles. The highest BCUT2D eigenvalue weighted by molar-refractivity contribution is 7.48. The maximum absolute atomic E-state index is 14.1. The van der Waals surface area contributed by atoms with Crippen LogP contribution in [0, 0.1) is 0 Å². The second-order valence-electron chi connectivity index (χ2n) is 13.4. The van der Waals surface area contributed by atoms with E-state index in [1.54, 1.807) is 48.5 Å². The lowest BCUT2D eigenvalue weighted by molar-refractivity contribution is -0.139. The molecule has 2 aromatic rings.